The molecule has 1 saturated heterocycles. The largest absolute Gasteiger partial charge is 0.356 e. The summed E-state index contributed by atoms with van der Waals surface area (Å²) >= 11 is 3.62. The van der Waals surface area contributed by atoms with Crippen molar-refractivity contribution in [3.8, 4) is 0 Å². The topological polar surface area (TPSA) is 39.7 Å². The number of hydrogen-bond acceptors (Lipinski definition) is 4. The van der Waals surface area contributed by atoms with Crippen molar-refractivity contribution in [1.29, 1.82) is 0 Å². The molecule has 0 radical (unpaired) electrons. The van der Waals surface area contributed by atoms with E-state index in [1.54, 1.807) is 11.3 Å². The molecule has 0 bridgehead atoms. The number of thiophene rings is 2. The van der Waals surface area contributed by atoms with Gasteiger partial charge >= 0.3 is 0 Å². The Bertz CT molecular complexity index is 643. The molecule has 3 rings (SSSR count). The summed E-state index contributed by atoms with van der Waals surface area (Å²) in [4.78, 5) is 8.44. The van der Waals surface area contributed by atoms with Gasteiger partial charge in [-0.1, -0.05) is 13.0 Å². The van der Waals surface area contributed by atoms with Crippen LogP contribution in [0.1, 0.15) is 36.1 Å². The highest BCUT2D eigenvalue weighted by atomic mass is 32.1. The third-order valence-electron chi connectivity index (χ3n) is 5.14. The van der Waals surface area contributed by atoms with Gasteiger partial charge in [-0.25, -0.2) is 0 Å². The van der Waals surface area contributed by atoms with Gasteiger partial charge in [0.1, 0.15) is 0 Å². The van der Waals surface area contributed by atoms with Crippen LogP contribution in [0, 0.1) is 5.92 Å². The normalized spacial score (nSPS) is 18.0. The fourth-order valence-electron chi connectivity index (χ4n) is 3.36. The second kappa shape index (κ2) is 10.1. The van der Waals surface area contributed by atoms with Crippen LogP contribution in [0.25, 0.3) is 0 Å². The minimum atomic E-state index is 0.500. The number of guanidine groups is 1. The number of nitrogens with one attached hydrogen (secondary N) is 2. The summed E-state index contributed by atoms with van der Waals surface area (Å²) < 4.78 is 0. The van der Waals surface area contributed by atoms with Gasteiger partial charge in [0.05, 0.1) is 0 Å². The molecule has 1 atom stereocenters. The first-order chi connectivity index (χ1) is 12.7. The predicted octanol–water partition coefficient (Wildman–Crippen LogP) is 3.99. The first-order valence-corrected chi connectivity index (χ1v) is 11.3. The van der Waals surface area contributed by atoms with E-state index in [0.29, 0.717) is 5.92 Å². The zero-order valence-electron chi connectivity index (χ0n) is 15.8. The van der Waals surface area contributed by atoms with Crippen LogP contribution in [0.4, 0.5) is 0 Å². The summed E-state index contributed by atoms with van der Waals surface area (Å²) in [5.41, 5.74) is 1.40. The van der Waals surface area contributed by atoms with Crippen LogP contribution in [-0.2, 0) is 6.54 Å². The third-order valence-corrected chi connectivity index (χ3v) is 6.70. The van der Waals surface area contributed by atoms with Crippen molar-refractivity contribution in [2.24, 2.45) is 10.9 Å². The Balaban J connectivity index is 1.34. The highest BCUT2D eigenvalue weighted by Crippen LogP contribution is 2.20. The van der Waals surface area contributed by atoms with Gasteiger partial charge in [0.15, 0.2) is 5.96 Å². The molecule has 1 aliphatic rings. The van der Waals surface area contributed by atoms with Gasteiger partial charge < -0.3 is 10.6 Å². The molecular weight excluding hydrogens is 360 g/mol. The molecule has 2 N–H and O–H groups in total. The number of likely N-dealkylation sites (tertiary alicyclic amines) is 1. The molecule has 0 aromatic carbocycles. The lowest BCUT2D eigenvalue weighted by Crippen LogP contribution is -2.43. The Labute approximate surface area is 165 Å². The minimum Gasteiger partial charge on any atom is -0.356 e. The molecular formula is C20H30N4S2. The predicted molar refractivity (Wildman–Crippen MR) is 114 cm³/mol. The number of piperidine rings is 1. The summed E-state index contributed by atoms with van der Waals surface area (Å²) in [7, 11) is 1.86. The van der Waals surface area contributed by atoms with Crippen molar-refractivity contribution < 1.29 is 0 Å². The number of nitrogens with zero attached hydrogens (tertiary/aromatic N) is 2. The van der Waals surface area contributed by atoms with E-state index in [1.165, 1.54) is 36.4 Å². The Morgan fingerprint density at radius 2 is 2.12 bits per heavy atom. The lowest BCUT2D eigenvalue weighted by atomic mass is 9.97. The molecule has 2 aromatic rings. The van der Waals surface area contributed by atoms with Crippen LogP contribution in [-0.4, -0.2) is 44.1 Å². The molecule has 6 heteroatoms. The van der Waals surface area contributed by atoms with Crippen LogP contribution in [0.2, 0.25) is 0 Å². The summed E-state index contributed by atoms with van der Waals surface area (Å²) in [6.07, 6.45) is 2.53. The van der Waals surface area contributed by atoms with Gasteiger partial charge in [0.2, 0.25) is 0 Å². The zero-order valence-corrected chi connectivity index (χ0v) is 17.4. The number of hydrogen-bond donors (Lipinski definition) is 2. The van der Waals surface area contributed by atoms with Crippen LogP contribution in [0.3, 0.4) is 0 Å². The van der Waals surface area contributed by atoms with E-state index in [-0.39, 0.29) is 0 Å². The average molecular weight is 391 g/mol. The number of rotatable bonds is 7. The first-order valence-electron chi connectivity index (χ1n) is 9.46. The molecule has 2 aromatic heterocycles. The number of aliphatic imine (C=N–C) groups is 1. The van der Waals surface area contributed by atoms with Gasteiger partial charge in [-0.15, -0.1) is 11.3 Å². The molecule has 1 aliphatic heterocycles. The van der Waals surface area contributed by atoms with Crippen molar-refractivity contribution in [1.82, 2.24) is 15.5 Å². The van der Waals surface area contributed by atoms with E-state index in [1.807, 2.05) is 18.4 Å². The van der Waals surface area contributed by atoms with Gasteiger partial charge in [-0.05, 0) is 71.6 Å². The standard InChI is InChI=1S/C20H30N4S2/c1-16(18-7-11-25-15-18)12-22-20(21-2)23-13-17-5-8-24(9-6-17)14-19-4-3-10-26-19/h3-4,7,10-11,15-17H,5-6,8-9,12-14H2,1-2H3,(H2,21,22,23). The quantitative estimate of drug-likeness (QED) is 0.555. The lowest BCUT2D eigenvalue weighted by Gasteiger charge is -2.32. The van der Waals surface area contributed by atoms with Crippen LogP contribution in [0.15, 0.2) is 39.3 Å². The fourth-order valence-corrected chi connectivity index (χ4v) is 4.88. The smallest absolute Gasteiger partial charge is 0.191 e. The van der Waals surface area contributed by atoms with E-state index >= 15 is 0 Å². The summed E-state index contributed by atoms with van der Waals surface area (Å²) in [6.45, 7) is 7.69. The van der Waals surface area contributed by atoms with Crippen LogP contribution in [0.5, 0.6) is 0 Å². The molecule has 0 saturated carbocycles. The van der Waals surface area contributed by atoms with Crippen LogP contribution >= 0.6 is 22.7 Å². The van der Waals surface area contributed by atoms with Gasteiger partial charge in [0.25, 0.3) is 0 Å². The Kier molecular flexibility index (Phi) is 7.53. The van der Waals surface area contributed by atoms with Crippen molar-refractivity contribution in [3.05, 3.63) is 44.8 Å². The Morgan fingerprint density at radius 3 is 2.77 bits per heavy atom. The maximum Gasteiger partial charge on any atom is 0.191 e. The minimum absolute atomic E-state index is 0.500. The molecule has 26 heavy (non-hydrogen) atoms. The van der Waals surface area contributed by atoms with E-state index < -0.39 is 0 Å². The molecule has 0 amide bonds. The molecule has 1 unspecified atom stereocenters. The zero-order chi connectivity index (χ0) is 18.2. The maximum atomic E-state index is 4.38. The fraction of sp³-hybridized carbons (Fsp3) is 0.550. The monoisotopic (exact) mass is 390 g/mol. The average Bonchev–Trinajstić information content (AvgIpc) is 3.37. The van der Waals surface area contributed by atoms with Crippen molar-refractivity contribution in [2.75, 3.05) is 33.2 Å². The molecule has 3 heterocycles. The van der Waals surface area contributed by atoms with Gasteiger partial charge in [-0.2, -0.15) is 11.3 Å². The molecule has 0 aliphatic carbocycles. The third kappa shape index (κ3) is 5.83. The van der Waals surface area contributed by atoms with Crippen LogP contribution < -0.4 is 10.6 Å². The summed E-state index contributed by atoms with van der Waals surface area (Å²) in [5, 5.41) is 13.5. The van der Waals surface area contributed by atoms with Crippen molar-refractivity contribution in [2.45, 2.75) is 32.2 Å². The highest BCUT2D eigenvalue weighted by Gasteiger charge is 2.19. The van der Waals surface area contributed by atoms with Crippen molar-refractivity contribution >= 4 is 28.6 Å². The summed E-state index contributed by atoms with van der Waals surface area (Å²) in [6, 6.07) is 6.59. The summed E-state index contributed by atoms with van der Waals surface area (Å²) in [5.74, 6) is 2.16. The van der Waals surface area contributed by atoms with E-state index in [9.17, 15) is 0 Å². The molecule has 4 nitrogen and oxygen atoms in total. The Morgan fingerprint density at radius 1 is 1.27 bits per heavy atom. The van der Waals surface area contributed by atoms with Crippen molar-refractivity contribution in [3.63, 3.8) is 0 Å². The second-order valence-corrected chi connectivity index (χ2v) is 8.90. The SMILES string of the molecule is CN=C(NCC1CCN(Cc2cccs2)CC1)NCC(C)c1ccsc1. The molecule has 0 spiro atoms. The second-order valence-electron chi connectivity index (χ2n) is 7.09. The molecule has 1 fully saturated rings. The van der Waals surface area contributed by atoms with E-state index in [4.69, 9.17) is 0 Å². The Hall–Kier alpha value is -1.37. The first kappa shape index (κ1) is 19.4. The van der Waals surface area contributed by atoms with E-state index in [2.05, 4.69) is 61.8 Å². The van der Waals surface area contributed by atoms with E-state index in [0.717, 1.165) is 31.5 Å². The van der Waals surface area contributed by atoms with Gasteiger partial charge in [-0.3, -0.25) is 9.89 Å². The maximum absolute atomic E-state index is 4.38. The lowest BCUT2D eigenvalue weighted by molar-refractivity contribution is 0.179. The van der Waals surface area contributed by atoms with Gasteiger partial charge in [0, 0.05) is 31.6 Å². The molecule has 142 valence electrons. The highest BCUT2D eigenvalue weighted by molar-refractivity contribution is 7.09.